The van der Waals surface area contributed by atoms with Crippen molar-refractivity contribution in [2.75, 3.05) is 0 Å². The third kappa shape index (κ3) is 6.08. The first-order chi connectivity index (χ1) is 4.77. The van der Waals surface area contributed by atoms with Gasteiger partial charge < -0.3 is 9.59 Å². The summed E-state index contributed by atoms with van der Waals surface area (Å²) in [5.41, 5.74) is 0.804. The molecule has 0 unspecified atom stereocenters. The van der Waals surface area contributed by atoms with Crippen molar-refractivity contribution in [1.82, 2.24) is 0 Å². The molecule has 0 spiro atoms. The lowest BCUT2D eigenvalue weighted by atomic mass is 10.5. The number of halogens is 3. The molecule has 0 heterocycles. The van der Waals surface area contributed by atoms with Gasteiger partial charge in [-0.2, -0.15) is 13.2 Å². The van der Waals surface area contributed by atoms with Gasteiger partial charge in [-0.15, -0.1) is 6.58 Å². The fraction of sp³-hybridized carbons (Fsp3) is 0.600. The van der Waals surface area contributed by atoms with Crippen molar-refractivity contribution in [2.24, 2.45) is 0 Å². The van der Waals surface area contributed by atoms with E-state index in [1.54, 1.807) is 0 Å². The maximum atomic E-state index is 11.5. The third-order valence-corrected chi connectivity index (χ3v) is 2.74. The molecule has 66 valence electrons. The van der Waals surface area contributed by atoms with E-state index in [-0.39, 0.29) is 0 Å². The molecular formula is C5H9F3O2Si. The van der Waals surface area contributed by atoms with Gasteiger partial charge in [0.2, 0.25) is 0 Å². The minimum atomic E-state index is -4.33. The zero-order chi connectivity index (χ0) is 9.12. The van der Waals surface area contributed by atoms with Crippen LogP contribution in [0.5, 0.6) is 0 Å². The molecule has 0 bridgehead atoms. The quantitative estimate of drug-likeness (QED) is 0.648. The first-order valence-corrected chi connectivity index (χ1v) is 5.10. The van der Waals surface area contributed by atoms with Crippen molar-refractivity contribution in [3.63, 3.8) is 0 Å². The Labute approximate surface area is 63.2 Å². The molecule has 2 N–H and O–H groups in total. The SMILES string of the molecule is C=C[Si](O)(O)CCC(F)(F)F. The third-order valence-electron chi connectivity index (χ3n) is 1.10. The van der Waals surface area contributed by atoms with Gasteiger partial charge in [0.25, 0.3) is 0 Å². The van der Waals surface area contributed by atoms with Crippen molar-refractivity contribution >= 4 is 8.56 Å². The largest absolute Gasteiger partial charge is 0.408 e. The fourth-order valence-corrected chi connectivity index (χ4v) is 1.28. The van der Waals surface area contributed by atoms with Gasteiger partial charge in [0.15, 0.2) is 0 Å². The molecule has 0 saturated heterocycles. The van der Waals surface area contributed by atoms with Gasteiger partial charge in [-0.05, 0) is 5.70 Å². The lowest BCUT2D eigenvalue weighted by molar-refractivity contribution is -0.131. The highest BCUT2D eigenvalue weighted by atomic mass is 28.4. The molecule has 0 aromatic carbocycles. The first kappa shape index (κ1) is 10.7. The summed E-state index contributed by atoms with van der Waals surface area (Å²) >= 11 is 0. The highest BCUT2D eigenvalue weighted by Gasteiger charge is 2.34. The summed E-state index contributed by atoms with van der Waals surface area (Å²) in [6.07, 6.45) is -5.50. The zero-order valence-electron chi connectivity index (χ0n) is 5.73. The van der Waals surface area contributed by atoms with Gasteiger partial charge in [0.1, 0.15) is 0 Å². The lowest BCUT2D eigenvalue weighted by Crippen LogP contribution is -2.33. The molecule has 0 aromatic rings. The van der Waals surface area contributed by atoms with Gasteiger partial charge in [0.05, 0.1) is 0 Å². The summed E-state index contributed by atoms with van der Waals surface area (Å²) in [4.78, 5) is 17.5. The van der Waals surface area contributed by atoms with Crippen molar-refractivity contribution in [1.29, 1.82) is 0 Å². The Morgan fingerprint density at radius 2 is 1.82 bits per heavy atom. The minimum absolute atomic E-state index is 0.639. The molecule has 6 heteroatoms. The van der Waals surface area contributed by atoms with Crippen LogP contribution >= 0.6 is 0 Å². The second-order valence-electron chi connectivity index (χ2n) is 2.20. The van der Waals surface area contributed by atoms with Crippen LogP contribution in [0, 0.1) is 0 Å². The number of alkyl halides is 3. The Bertz CT molecular complexity index is 143. The Balaban J connectivity index is 3.79. The Hall–Kier alpha value is -0.333. The van der Waals surface area contributed by atoms with Crippen LogP contribution < -0.4 is 0 Å². The predicted molar refractivity (Wildman–Crippen MR) is 35.9 cm³/mol. The number of hydrogen-bond acceptors (Lipinski definition) is 2. The average molecular weight is 186 g/mol. The smallest absolute Gasteiger partial charge is 0.389 e. The lowest BCUT2D eigenvalue weighted by Gasteiger charge is -2.13. The van der Waals surface area contributed by atoms with Crippen LogP contribution in [0.2, 0.25) is 6.04 Å². The standard InChI is InChI=1S/C5H9F3O2Si/c1-2-11(9,10)4-3-5(6,7)8/h2,9-10H,1,3-4H2. The van der Waals surface area contributed by atoms with E-state index in [0.29, 0.717) is 0 Å². The van der Waals surface area contributed by atoms with E-state index >= 15 is 0 Å². The molecular weight excluding hydrogens is 177 g/mol. The molecule has 0 rings (SSSR count). The van der Waals surface area contributed by atoms with Gasteiger partial charge >= 0.3 is 14.7 Å². The fourth-order valence-electron chi connectivity index (χ4n) is 0.428. The molecule has 0 aliphatic heterocycles. The highest BCUT2D eigenvalue weighted by molar-refractivity contribution is 6.69. The van der Waals surface area contributed by atoms with E-state index in [4.69, 9.17) is 9.59 Å². The molecule has 0 amide bonds. The van der Waals surface area contributed by atoms with Crippen LogP contribution in [0.3, 0.4) is 0 Å². The van der Waals surface area contributed by atoms with Crippen molar-refractivity contribution in [2.45, 2.75) is 18.6 Å². The normalized spacial score (nSPS) is 13.2. The summed E-state index contributed by atoms with van der Waals surface area (Å²) in [7, 11) is -3.74. The van der Waals surface area contributed by atoms with Crippen LogP contribution in [0.15, 0.2) is 12.3 Å². The molecule has 0 radical (unpaired) electrons. The molecule has 0 atom stereocenters. The van der Waals surface area contributed by atoms with Crippen LogP contribution in [-0.4, -0.2) is 24.3 Å². The van der Waals surface area contributed by atoms with Crippen molar-refractivity contribution in [3.05, 3.63) is 12.3 Å². The molecule has 0 fully saturated rings. The van der Waals surface area contributed by atoms with Crippen molar-refractivity contribution < 1.29 is 22.8 Å². The number of hydrogen-bond donors (Lipinski definition) is 2. The minimum Gasteiger partial charge on any atom is -0.408 e. The first-order valence-electron chi connectivity index (χ1n) is 2.92. The molecule has 2 nitrogen and oxygen atoms in total. The monoisotopic (exact) mass is 186 g/mol. The van der Waals surface area contributed by atoms with E-state index < -0.39 is 27.2 Å². The summed E-state index contributed by atoms with van der Waals surface area (Å²) in [6, 6.07) is -0.639. The molecule has 11 heavy (non-hydrogen) atoms. The Morgan fingerprint density at radius 1 is 1.36 bits per heavy atom. The summed E-state index contributed by atoms with van der Waals surface area (Å²) in [5, 5.41) is 0. The van der Waals surface area contributed by atoms with E-state index in [0.717, 1.165) is 5.70 Å². The zero-order valence-corrected chi connectivity index (χ0v) is 6.73. The predicted octanol–water partition coefficient (Wildman–Crippen LogP) is 1.09. The van der Waals surface area contributed by atoms with Gasteiger partial charge in [-0.1, -0.05) is 0 Å². The van der Waals surface area contributed by atoms with E-state index in [1.165, 1.54) is 0 Å². The van der Waals surface area contributed by atoms with Gasteiger partial charge in [-0.25, -0.2) is 0 Å². The second kappa shape index (κ2) is 3.38. The highest BCUT2D eigenvalue weighted by Crippen LogP contribution is 2.24. The maximum Gasteiger partial charge on any atom is 0.389 e. The molecule has 0 saturated carbocycles. The Morgan fingerprint density at radius 3 is 2.09 bits per heavy atom. The maximum absolute atomic E-state index is 11.5. The van der Waals surface area contributed by atoms with E-state index in [9.17, 15) is 13.2 Å². The molecule has 0 aromatic heterocycles. The van der Waals surface area contributed by atoms with E-state index in [1.807, 2.05) is 0 Å². The van der Waals surface area contributed by atoms with Gasteiger partial charge in [-0.3, -0.25) is 0 Å². The molecule has 0 aliphatic rings. The summed E-state index contributed by atoms with van der Waals surface area (Å²) in [5.74, 6) is 0. The second-order valence-corrected chi connectivity index (χ2v) is 4.86. The van der Waals surface area contributed by atoms with Crippen molar-refractivity contribution in [3.8, 4) is 0 Å². The van der Waals surface area contributed by atoms with Crippen LogP contribution in [0.1, 0.15) is 6.42 Å². The van der Waals surface area contributed by atoms with E-state index in [2.05, 4.69) is 6.58 Å². The summed E-state index contributed by atoms with van der Waals surface area (Å²) < 4.78 is 34.5. The number of rotatable bonds is 3. The molecule has 0 aliphatic carbocycles. The Kier molecular flexibility index (Phi) is 3.27. The summed E-state index contributed by atoms with van der Waals surface area (Å²) in [6.45, 7) is 3.03. The van der Waals surface area contributed by atoms with Crippen LogP contribution in [0.25, 0.3) is 0 Å². The van der Waals surface area contributed by atoms with Gasteiger partial charge in [0, 0.05) is 12.5 Å². The average Bonchev–Trinajstić information content (AvgIpc) is 1.83. The van der Waals surface area contributed by atoms with Crippen LogP contribution in [0.4, 0.5) is 13.2 Å². The topological polar surface area (TPSA) is 40.5 Å². The van der Waals surface area contributed by atoms with Crippen LogP contribution in [-0.2, 0) is 0 Å².